The Morgan fingerprint density at radius 1 is 1.17 bits per heavy atom. The molecule has 0 aliphatic carbocycles. The number of aromatic nitrogens is 2. The summed E-state index contributed by atoms with van der Waals surface area (Å²) >= 11 is 1.63. The average Bonchev–Trinajstić information content (AvgIpc) is 2.94. The van der Waals surface area contributed by atoms with Gasteiger partial charge >= 0.3 is 0 Å². The highest BCUT2D eigenvalue weighted by Crippen LogP contribution is 2.26. The molecule has 116 valence electrons. The lowest BCUT2D eigenvalue weighted by atomic mass is 10.1. The number of fused-ring (bicyclic) bond motifs is 3. The summed E-state index contributed by atoms with van der Waals surface area (Å²) in [4.78, 5) is 17.2. The first-order valence-electron chi connectivity index (χ1n) is 7.14. The number of hydrogen-bond acceptors (Lipinski definition) is 3. The van der Waals surface area contributed by atoms with E-state index in [-0.39, 0.29) is 17.8 Å². The maximum Gasteiger partial charge on any atom is 0.193 e. The minimum atomic E-state index is 0. The predicted octanol–water partition coefficient (Wildman–Crippen LogP) is 4.39. The van der Waals surface area contributed by atoms with Gasteiger partial charge in [-0.1, -0.05) is 30.3 Å². The quantitative estimate of drug-likeness (QED) is 0.506. The van der Waals surface area contributed by atoms with E-state index < -0.39 is 0 Å². The van der Waals surface area contributed by atoms with E-state index in [9.17, 15) is 4.79 Å². The molecule has 0 atom stereocenters. The molecule has 0 aliphatic heterocycles. The van der Waals surface area contributed by atoms with Crippen LogP contribution in [0.3, 0.4) is 0 Å². The molecule has 0 saturated carbocycles. The third kappa shape index (κ3) is 2.64. The SMILES string of the molecule is Cc1nccn1Cc1csc2ccc3ccccc3c2c1=O.Cl. The Hall–Kier alpha value is -2.17. The molecule has 23 heavy (non-hydrogen) atoms. The van der Waals surface area contributed by atoms with Gasteiger partial charge in [-0.05, 0) is 23.8 Å². The number of hydrogen-bond donors (Lipinski definition) is 0. The summed E-state index contributed by atoms with van der Waals surface area (Å²) in [5.74, 6) is 0.919. The van der Waals surface area contributed by atoms with Crippen molar-refractivity contribution in [3.8, 4) is 0 Å². The molecule has 3 nitrogen and oxygen atoms in total. The minimum absolute atomic E-state index is 0. The average molecular weight is 343 g/mol. The molecule has 4 rings (SSSR count). The van der Waals surface area contributed by atoms with Gasteiger partial charge in [0.25, 0.3) is 0 Å². The van der Waals surface area contributed by atoms with Crippen LogP contribution >= 0.6 is 23.7 Å². The van der Waals surface area contributed by atoms with E-state index in [2.05, 4.69) is 11.1 Å². The van der Waals surface area contributed by atoms with Gasteiger partial charge in [0.2, 0.25) is 0 Å². The summed E-state index contributed by atoms with van der Waals surface area (Å²) in [6, 6.07) is 12.2. The van der Waals surface area contributed by atoms with E-state index >= 15 is 0 Å². The van der Waals surface area contributed by atoms with E-state index in [4.69, 9.17) is 0 Å². The Labute approximate surface area is 143 Å². The normalized spacial score (nSPS) is 10.8. The minimum Gasteiger partial charge on any atom is -0.331 e. The number of rotatable bonds is 2. The maximum absolute atomic E-state index is 13.0. The molecular weight excluding hydrogens is 328 g/mol. The van der Waals surface area contributed by atoms with E-state index in [1.807, 2.05) is 53.4 Å². The third-order valence-corrected chi connectivity index (χ3v) is 5.00. The summed E-state index contributed by atoms with van der Waals surface area (Å²) in [5.41, 5.74) is 0.939. The maximum atomic E-state index is 13.0. The highest BCUT2D eigenvalue weighted by atomic mass is 35.5. The van der Waals surface area contributed by atoms with E-state index in [1.165, 1.54) is 0 Å². The fraction of sp³-hybridized carbons (Fsp3) is 0.111. The predicted molar refractivity (Wildman–Crippen MR) is 98.9 cm³/mol. The van der Waals surface area contributed by atoms with Crippen molar-refractivity contribution in [2.24, 2.45) is 0 Å². The monoisotopic (exact) mass is 342 g/mol. The van der Waals surface area contributed by atoms with Crippen LogP contribution in [-0.2, 0) is 6.54 Å². The fourth-order valence-corrected chi connectivity index (χ4v) is 3.71. The molecule has 2 aromatic carbocycles. The van der Waals surface area contributed by atoms with Crippen molar-refractivity contribution in [2.75, 3.05) is 0 Å². The molecule has 2 heterocycles. The Bertz CT molecular complexity index is 1050. The van der Waals surface area contributed by atoms with Gasteiger partial charge in [-0.3, -0.25) is 4.79 Å². The van der Waals surface area contributed by atoms with Crippen molar-refractivity contribution < 1.29 is 0 Å². The second kappa shape index (κ2) is 6.14. The van der Waals surface area contributed by atoms with Crippen LogP contribution in [-0.4, -0.2) is 9.55 Å². The lowest BCUT2D eigenvalue weighted by Crippen LogP contribution is -2.13. The molecule has 0 aliphatic rings. The van der Waals surface area contributed by atoms with Crippen molar-refractivity contribution in [3.05, 3.63) is 75.8 Å². The highest BCUT2D eigenvalue weighted by Gasteiger charge is 2.10. The zero-order valence-electron chi connectivity index (χ0n) is 12.5. The second-order valence-corrected chi connectivity index (χ2v) is 6.26. The number of nitrogens with zero attached hydrogens (tertiary/aromatic N) is 2. The van der Waals surface area contributed by atoms with Gasteiger partial charge in [0.05, 0.1) is 6.54 Å². The van der Waals surface area contributed by atoms with Gasteiger partial charge in [0.15, 0.2) is 5.43 Å². The molecule has 5 heteroatoms. The Kier molecular flexibility index (Phi) is 4.20. The molecule has 0 bridgehead atoms. The van der Waals surface area contributed by atoms with Gasteiger partial charge in [0.1, 0.15) is 5.82 Å². The summed E-state index contributed by atoms with van der Waals surface area (Å²) in [5, 5.41) is 4.94. The first-order valence-corrected chi connectivity index (χ1v) is 8.02. The molecule has 4 aromatic rings. The zero-order valence-corrected chi connectivity index (χ0v) is 14.2. The van der Waals surface area contributed by atoms with Crippen LogP contribution in [0.1, 0.15) is 11.4 Å². The zero-order chi connectivity index (χ0) is 15.1. The van der Waals surface area contributed by atoms with Gasteiger partial charge < -0.3 is 4.57 Å². The molecule has 0 radical (unpaired) electrons. The Morgan fingerprint density at radius 3 is 2.78 bits per heavy atom. The topological polar surface area (TPSA) is 34.9 Å². The van der Waals surface area contributed by atoms with E-state index in [1.54, 1.807) is 17.5 Å². The smallest absolute Gasteiger partial charge is 0.193 e. The summed E-state index contributed by atoms with van der Waals surface area (Å²) in [6.07, 6.45) is 3.67. The summed E-state index contributed by atoms with van der Waals surface area (Å²) < 4.78 is 3.04. The standard InChI is InChI=1S/C18H14N2OS.ClH/c1-12-19-8-9-20(12)10-14-11-22-16-7-6-13-4-2-3-5-15(13)17(16)18(14)21;/h2-9,11H,10H2,1H3;1H. The third-order valence-electron chi connectivity index (χ3n) is 4.00. The fourth-order valence-electron chi connectivity index (χ4n) is 2.80. The second-order valence-electron chi connectivity index (χ2n) is 5.35. The van der Waals surface area contributed by atoms with Crippen LogP contribution in [0.25, 0.3) is 20.9 Å². The number of halogens is 1. The van der Waals surface area contributed by atoms with Gasteiger partial charge in [-0.2, -0.15) is 0 Å². The molecule has 0 N–H and O–H groups in total. The molecule has 0 unspecified atom stereocenters. The first-order chi connectivity index (χ1) is 10.7. The van der Waals surface area contributed by atoms with Crippen LogP contribution in [0.15, 0.2) is 59.0 Å². The Balaban J connectivity index is 0.00000156. The number of imidazole rings is 1. The molecule has 2 aromatic heterocycles. The van der Waals surface area contributed by atoms with Crippen molar-refractivity contribution in [3.63, 3.8) is 0 Å². The molecule has 0 amide bonds. The largest absolute Gasteiger partial charge is 0.331 e. The summed E-state index contributed by atoms with van der Waals surface area (Å²) in [6.45, 7) is 2.52. The van der Waals surface area contributed by atoms with Gasteiger partial charge in [-0.15, -0.1) is 23.7 Å². The van der Waals surface area contributed by atoms with Gasteiger partial charge in [0, 0.05) is 33.4 Å². The van der Waals surface area contributed by atoms with Crippen molar-refractivity contribution in [1.29, 1.82) is 0 Å². The Morgan fingerprint density at radius 2 is 2.00 bits per heavy atom. The number of aryl methyl sites for hydroxylation is 1. The highest BCUT2D eigenvalue weighted by molar-refractivity contribution is 7.16. The molecular formula is C18H15ClN2OS. The van der Waals surface area contributed by atoms with Crippen LogP contribution in [0.5, 0.6) is 0 Å². The lowest BCUT2D eigenvalue weighted by molar-refractivity contribution is 0.760. The van der Waals surface area contributed by atoms with Crippen LogP contribution in [0, 0.1) is 6.92 Å². The van der Waals surface area contributed by atoms with E-state index in [0.717, 1.165) is 32.2 Å². The molecule has 0 saturated heterocycles. The lowest BCUT2D eigenvalue weighted by Gasteiger charge is -2.07. The first kappa shape index (κ1) is 15.7. The van der Waals surface area contributed by atoms with Crippen LogP contribution in [0.4, 0.5) is 0 Å². The molecule has 0 fully saturated rings. The molecule has 0 spiro atoms. The van der Waals surface area contributed by atoms with Crippen molar-refractivity contribution in [1.82, 2.24) is 9.55 Å². The van der Waals surface area contributed by atoms with Crippen molar-refractivity contribution >= 4 is 44.6 Å². The van der Waals surface area contributed by atoms with Crippen LogP contribution in [0.2, 0.25) is 0 Å². The van der Waals surface area contributed by atoms with Gasteiger partial charge in [-0.25, -0.2) is 4.98 Å². The number of benzene rings is 2. The van der Waals surface area contributed by atoms with Crippen LogP contribution < -0.4 is 5.43 Å². The van der Waals surface area contributed by atoms with E-state index in [0.29, 0.717) is 6.54 Å². The summed E-state index contributed by atoms with van der Waals surface area (Å²) in [7, 11) is 0. The van der Waals surface area contributed by atoms with Crippen molar-refractivity contribution in [2.45, 2.75) is 13.5 Å².